The maximum atomic E-state index is 5.89. The molecule has 0 saturated carbocycles. The molecule has 2 heterocycles. The molecule has 0 aromatic heterocycles. The highest BCUT2D eigenvalue weighted by Gasteiger charge is 2.35. The highest BCUT2D eigenvalue weighted by molar-refractivity contribution is 4.90. The third-order valence-corrected chi connectivity index (χ3v) is 4.63. The van der Waals surface area contributed by atoms with Crippen molar-refractivity contribution in [3.05, 3.63) is 0 Å². The zero-order chi connectivity index (χ0) is 12.1. The topological polar surface area (TPSA) is 24.5 Å². The summed E-state index contributed by atoms with van der Waals surface area (Å²) in [5.41, 5.74) is 0.115. The average molecular weight is 240 g/mol. The maximum absolute atomic E-state index is 5.89. The van der Waals surface area contributed by atoms with E-state index < -0.39 is 0 Å². The minimum Gasteiger partial charge on any atom is -0.377 e. The summed E-state index contributed by atoms with van der Waals surface area (Å²) in [4.78, 5) is 2.67. The predicted molar refractivity (Wildman–Crippen MR) is 71.3 cm³/mol. The number of hydrogen-bond acceptors (Lipinski definition) is 3. The van der Waals surface area contributed by atoms with Crippen molar-refractivity contribution in [2.75, 3.05) is 33.3 Å². The van der Waals surface area contributed by atoms with E-state index in [0.29, 0.717) is 0 Å². The number of piperidine rings is 1. The minimum atomic E-state index is 0.115. The van der Waals surface area contributed by atoms with Crippen molar-refractivity contribution in [1.29, 1.82) is 0 Å². The maximum Gasteiger partial charge on any atom is 0.0829 e. The van der Waals surface area contributed by atoms with E-state index in [1.807, 2.05) is 7.11 Å². The zero-order valence-corrected chi connectivity index (χ0v) is 11.5. The van der Waals surface area contributed by atoms with E-state index in [1.165, 1.54) is 32.2 Å². The molecule has 2 aliphatic rings. The minimum absolute atomic E-state index is 0.115. The van der Waals surface area contributed by atoms with Gasteiger partial charge in [-0.25, -0.2) is 0 Å². The fourth-order valence-electron chi connectivity index (χ4n) is 3.25. The van der Waals surface area contributed by atoms with Gasteiger partial charge in [0.05, 0.1) is 5.60 Å². The summed E-state index contributed by atoms with van der Waals surface area (Å²) in [6.45, 7) is 6.99. The Labute approximate surface area is 106 Å². The number of methoxy groups -OCH3 is 1. The van der Waals surface area contributed by atoms with Gasteiger partial charge in [-0.1, -0.05) is 12.8 Å². The molecule has 1 unspecified atom stereocenters. The second kappa shape index (κ2) is 6.17. The molecular weight excluding hydrogens is 212 g/mol. The Kier molecular flexibility index (Phi) is 4.83. The molecule has 0 spiro atoms. The molecule has 0 bridgehead atoms. The molecular formula is C14H28N2O. The molecule has 0 aromatic carbocycles. The summed E-state index contributed by atoms with van der Waals surface area (Å²) in [6.07, 6.45) is 7.85. The summed E-state index contributed by atoms with van der Waals surface area (Å²) in [7, 11) is 1.90. The van der Waals surface area contributed by atoms with Gasteiger partial charge in [-0.15, -0.1) is 0 Å². The Morgan fingerprint density at radius 2 is 2.00 bits per heavy atom. The van der Waals surface area contributed by atoms with Crippen LogP contribution >= 0.6 is 0 Å². The number of nitrogens with zero attached hydrogens (tertiary/aromatic N) is 1. The molecule has 2 aliphatic heterocycles. The smallest absolute Gasteiger partial charge is 0.0829 e. The molecule has 2 rings (SSSR count). The Morgan fingerprint density at radius 1 is 1.24 bits per heavy atom. The highest BCUT2D eigenvalue weighted by Crippen LogP contribution is 2.26. The van der Waals surface area contributed by atoms with E-state index in [1.54, 1.807) is 0 Å². The van der Waals surface area contributed by atoms with Crippen LogP contribution in [-0.2, 0) is 4.74 Å². The monoisotopic (exact) mass is 240 g/mol. The molecule has 100 valence electrons. The number of likely N-dealkylation sites (tertiary alicyclic amines) is 1. The summed E-state index contributed by atoms with van der Waals surface area (Å²) in [5, 5.41) is 3.44. The van der Waals surface area contributed by atoms with Crippen LogP contribution in [0.3, 0.4) is 0 Å². The van der Waals surface area contributed by atoms with Gasteiger partial charge in [0.1, 0.15) is 0 Å². The van der Waals surface area contributed by atoms with E-state index in [2.05, 4.69) is 17.1 Å². The standard InChI is InChI=1S/C14H28N2O/c1-13-6-4-3-5-11-16(13)12-14(17-2)7-9-15-10-8-14/h13,15H,3-12H2,1-2H3. The van der Waals surface area contributed by atoms with E-state index in [9.17, 15) is 0 Å². The lowest BCUT2D eigenvalue weighted by atomic mass is 9.91. The first kappa shape index (κ1) is 13.3. The molecule has 1 atom stereocenters. The van der Waals surface area contributed by atoms with Crippen molar-refractivity contribution >= 4 is 0 Å². The lowest BCUT2D eigenvalue weighted by Crippen LogP contribution is -2.52. The Bertz CT molecular complexity index is 226. The average Bonchev–Trinajstić information content (AvgIpc) is 2.56. The Hall–Kier alpha value is -0.120. The van der Waals surface area contributed by atoms with Crippen LogP contribution in [0.25, 0.3) is 0 Å². The first-order chi connectivity index (χ1) is 8.26. The normalized spacial score (nSPS) is 31.1. The van der Waals surface area contributed by atoms with Crippen LogP contribution in [0.4, 0.5) is 0 Å². The molecule has 2 saturated heterocycles. The van der Waals surface area contributed by atoms with Crippen LogP contribution in [0, 0.1) is 0 Å². The summed E-state index contributed by atoms with van der Waals surface area (Å²) in [5.74, 6) is 0. The number of nitrogens with one attached hydrogen (secondary N) is 1. The van der Waals surface area contributed by atoms with Crippen molar-refractivity contribution in [3.63, 3.8) is 0 Å². The highest BCUT2D eigenvalue weighted by atomic mass is 16.5. The largest absolute Gasteiger partial charge is 0.377 e. The van der Waals surface area contributed by atoms with E-state index >= 15 is 0 Å². The van der Waals surface area contributed by atoms with Crippen LogP contribution in [0.5, 0.6) is 0 Å². The van der Waals surface area contributed by atoms with Crippen LogP contribution in [0.15, 0.2) is 0 Å². The van der Waals surface area contributed by atoms with Gasteiger partial charge < -0.3 is 10.1 Å². The van der Waals surface area contributed by atoms with Gasteiger partial charge in [0, 0.05) is 19.7 Å². The lowest BCUT2D eigenvalue weighted by molar-refractivity contribution is -0.0628. The fraction of sp³-hybridized carbons (Fsp3) is 1.00. The van der Waals surface area contributed by atoms with Crippen LogP contribution in [-0.4, -0.2) is 49.8 Å². The second-order valence-corrected chi connectivity index (χ2v) is 5.81. The third-order valence-electron chi connectivity index (χ3n) is 4.63. The predicted octanol–water partition coefficient (Wildman–Crippen LogP) is 2.02. The third kappa shape index (κ3) is 3.43. The molecule has 2 fully saturated rings. The SMILES string of the molecule is COC1(CN2CCCCCC2C)CCNCC1. The summed E-state index contributed by atoms with van der Waals surface area (Å²) in [6, 6.07) is 0.736. The Balaban J connectivity index is 1.95. The quantitative estimate of drug-likeness (QED) is 0.817. The van der Waals surface area contributed by atoms with Crippen molar-refractivity contribution in [2.45, 2.75) is 57.1 Å². The number of hydrogen-bond donors (Lipinski definition) is 1. The molecule has 0 radical (unpaired) electrons. The zero-order valence-electron chi connectivity index (χ0n) is 11.5. The van der Waals surface area contributed by atoms with Crippen molar-refractivity contribution in [1.82, 2.24) is 10.2 Å². The van der Waals surface area contributed by atoms with Gasteiger partial charge in [-0.2, -0.15) is 0 Å². The van der Waals surface area contributed by atoms with Crippen molar-refractivity contribution < 1.29 is 4.74 Å². The van der Waals surface area contributed by atoms with Crippen LogP contribution in [0.2, 0.25) is 0 Å². The molecule has 3 heteroatoms. The first-order valence-corrected chi connectivity index (χ1v) is 7.26. The Morgan fingerprint density at radius 3 is 2.71 bits per heavy atom. The summed E-state index contributed by atoms with van der Waals surface area (Å²) < 4.78 is 5.89. The van der Waals surface area contributed by atoms with Gasteiger partial charge in [-0.3, -0.25) is 4.90 Å². The van der Waals surface area contributed by atoms with Crippen LogP contribution in [0.1, 0.15) is 45.4 Å². The van der Waals surface area contributed by atoms with Gasteiger partial charge in [0.15, 0.2) is 0 Å². The molecule has 3 nitrogen and oxygen atoms in total. The van der Waals surface area contributed by atoms with Gasteiger partial charge in [0.2, 0.25) is 0 Å². The lowest BCUT2D eigenvalue weighted by Gasteiger charge is -2.41. The first-order valence-electron chi connectivity index (χ1n) is 7.26. The van der Waals surface area contributed by atoms with E-state index in [0.717, 1.165) is 38.5 Å². The number of rotatable bonds is 3. The molecule has 1 N–H and O–H groups in total. The molecule has 17 heavy (non-hydrogen) atoms. The van der Waals surface area contributed by atoms with E-state index in [4.69, 9.17) is 4.74 Å². The number of ether oxygens (including phenoxy) is 1. The van der Waals surface area contributed by atoms with E-state index in [-0.39, 0.29) is 5.60 Å². The fourth-order valence-corrected chi connectivity index (χ4v) is 3.25. The summed E-state index contributed by atoms with van der Waals surface area (Å²) >= 11 is 0. The van der Waals surface area contributed by atoms with Gasteiger partial charge >= 0.3 is 0 Å². The van der Waals surface area contributed by atoms with Crippen molar-refractivity contribution in [3.8, 4) is 0 Å². The van der Waals surface area contributed by atoms with Crippen molar-refractivity contribution in [2.24, 2.45) is 0 Å². The molecule has 0 amide bonds. The molecule has 0 aliphatic carbocycles. The van der Waals surface area contributed by atoms with Gasteiger partial charge in [-0.05, 0) is 52.2 Å². The van der Waals surface area contributed by atoms with Crippen LogP contribution < -0.4 is 5.32 Å². The van der Waals surface area contributed by atoms with Gasteiger partial charge in [0.25, 0.3) is 0 Å². The second-order valence-electron chi connectivity index (χ2n) is 5.81. The molecule has 0 aromatic rings.